The molecular weight excluding hydrogens is 260 g/mol. The predicted octanol–water partition coefficient (Wildman–Crippen LogP) is 4.17. The van der Waals surface area contributed by atoms with Crippen LogP contribution in [0.25, 0.3) is 0 Å². The highest BCUT2D eigenvalue weighted by Crippen LogP contribution is 2.24. The van der Waals surface area contributed by atoms with Gasteiger partial charge in [0.25, 0.3) is 0 Å². The lowest BCUT2D eigenvalue weighted by Gasteiger charge is -2.14. The third kappa shape index (κ3) is 3.94. The van der Waals surface area contributed by atoms with Crippen LogP contribution in [0.3, 0.4) is 0 Å². The monoisotopic (exact) mass is 284 g/mol. The van der Waals surface area contributed by atoms with Gasteiger partial charge in [-0.25, -0.2) is 9.97 Å². The number of nitrogens with zero attached hydrogens (tertiary/aromatic N) is 2. The lowest BCUT2D eigenvalue weighted by atomic mass is 10.1. The first kappa shape index (κ1) is 15.3. The maximum absolute atomic E-state index is 4.41. The zero-order valence-electron chi connectivity index (χ0n) is 13.1. The van der Waals surface area contributed by atoms with Crippen molar-refractivity contribution in [3.8, 4) is 0 Å². The third-order valence-electron chi connectivity index (χ3n) is 3.44. The van der Waals surface area contributed by atoms with Crippen LogP contribution >= 0.6 is 0 Å². The van der Waals surface area contributed by atoms with Gasteiger partial charge in [0, 0.05) is 17.8 Å². The van der Waals surface area contributed by atoms with Gasteiger partial charge in [-0.2, -0.15) is 0 Å². The highest BCUT2D eigenvalue weighted by Gasteiger charge is 2.09. The number of hydrogen-bond donors (Lipinski definition) is 2. The Balaban J connectivity index is 2.26. The molecule has 1 heterocycles. The summed E-state index contributed by atoms with van der Waals surface area (Å²) in [5.74, 6) is 1.82. The number of aryl methyl sites for hydroxylation is 1. The minimum Gasteiger partial charge on any atom is -0.370 e. The standard InChI is InChI=1S/C17H24N4/c1-4-10-18-16-15(6-3)17(20-12-19-16)21-14-9-7-8-13(5-2)11-14/h7-9,11-12H,4-6,10H2,1-3H3,(H2,18,19,20,21). The SMILES string of the molecule is CCCNc1ncnc(Nc2cccc(CC)c2)c1CC. The fourth-order valence-electron chi connectivity index (χ4n) is 2.26. The molecule has 112 valence electrons. The summed E-state index contributed by atoms with van der Waals surface area (Å²) in [5.41, 5.74) is 3.52. The smallest absolute Gasteiger partial charge is 0.139 e. The molecule has 0 saturated carbocycles. The Morgan fingerprint density at radius 1 is 1.00 bits per heavy atom. The van der Waals surface area contributed by atoms with E-state index in [1.54, 1.807) is 6.33 Å². The molecule has 2 N–H and O–H groups in total. The molecule has 0 aliphatic carbocycles. The first-order valence-corrected chi connectivity index (χ1v) is 7.72. The van der Waals surface area contributed by atoms with E-state index in [1.165, 1.54) is 5.56 Å². The molecule has 1 aromatic heterocycles. The van der Waals surface area contributed by atoms with E-state index in [0.717, 1.165) is 48.7 Å². The van der Waals surface area contributed by atoms with Crippen LogP contribution in [0.1, 0.15) is 38.3 Å². The van der Waals surface area contributed by atoms with E-state index >= 15 is 0 Å². The lowest BCUT2D eigenvalue weighted by molar-refractivity contribution is 0.949. The minimum atomic E-state index is 0.888. The van der Waals surface area contributed by atoms with Crippen LogP contribution in [0.2, 0.25) is 0 Å². The van der Waals surface area contributed by atoms with Gasteiger partial charge in [0.05, 0.1) is 0 Å². The first-order chi connectivity index (χ1) is 10.3. The van der Waals surface area contributed by atoms with E-state index in [-0.39, 0.29) is 0 Å². The van der Waals surface area contributed by atoms with Crippen molar-refractivity contribution in [1.29, 1.82) is 0 Å². The van der Waals surface area contributed by atoms with Crippen molar-refractivity contribution in [3.63, 3.8) is 0 Å². The third-order valence-corrected chi connectivity index (χ3v) is 3.44. The van der Waals surface area contributed by atoms with Crippen LogP contribution in [0.4, 0.5) is 17.3 Å². The van der Waals surface area contributed by atoms with Crippen molar-refractivity contribution < 1.29 is 0 Å². The molecule has 0 aliphatic rings. The average Bonchev–Trinajstić information content (AvgIpc) is 2.53. The number of aromatic nitrogens is 2. The number of anilines is 3. The van der Waals surface area contributed by atoms with Crippen LogP contribution in [0, 0.1) is 0 Å². The fraction of sp³-hybridized carbons (Fsp3) is 0.412. The summed E-state index contributed by atoms with van der Waals surface area (Å²) >= 11 is 0. The van der Waals surface area contributed by atoms with Crippen LogP contribution in [0.15, 0.2) is 30.6 Å². The molecule has 4 heteroatoms. The lowest BCUT2D eigenvalue weighted by Crippen LogP contribution is -2.08. The molecule has 0 aliphatic heterocycles. The number of nitrogens with one attached hydrogen (secondary N) is 2. The van der Waals surface area contributed by atoms with Gasteiger partial charge in [0.15, 0.2) is 0 Å². The number of rotatable bonds is 7. The zero-order chi connectivity index (χ0) is 15.1. The van der Waals surface area contributed by atoms with Crippen LogP contribution < -0.4 is 10.6 Å². The summed E-state index contributed by atoms with van der Waals surface area (Å²) < 4.78 is 0. The Morgan fingerprint density at radius 2 is 1.81 bits per heavy atom. The van der Waals surface area contributed by atoms with Crippen molar-refractivity contribution in [2.24, 2.45) is 0 Å². The van der Waals surface area contributed by atoms with Crippen molar-refractivity contribution in [2.45, 2.75) is 40.0 Å². The molecule has 0 fully saturated rings. The van der Waals surface area contributed by atoms with Gasteiger partial charge in [0.1, 0.15) is 18.0 Å². The number of hydrogen-bond acceptors (Lipinski definition) is 4. The number of benzene rings is 1. The molecule has 1 aromatic carbocycles. The molecule has 0 unspecified atom stereocenters. The van der Waals surface area contributed by atoms with Gasteiger partial charge in [-0.1, -0.05) is 32.9 Å². The van der Waals surface area contributed by atoms with E-state index < -0.39 is 0 Å². The minimum absolute atomic E-state index is 0.888. The molecule has 0 amide bonds. The Kier molecular flexibility index (Phi) is 5.55. The Hall–Kier alpha value is -2.10. The van der Waals surface area contributed by atoms with Crippen LogP contribution in [-0.4, -0.2) is 16.5 Å². The second-order valence-electron chi connectivity index (χ2n) is 5.01. The average molecular weight is 284 g/mol. The van der Waals surface area contributed by atoms with Gasteiger partial charge in [0.2, 0.25) is 0 Å². The summed E-state index contributed by atoms with van der Waals surface area (Å²) in [6, 6.07) is 8.45. The second kappa shape index (κ2) is 7.62. The molecular formula is C17H24N4. The van der Waals surface area contributed by atoms with Gasteiger partial charge < -0.3 is 10.6 Å². The van der Waals surface area contributed by atoms with Gasteiger partial charge in [-0.15, -0.1) is 0 Å². The molecule has 4 nitrogen and oxygen atoms in total. The Morgan fingerprint density at radius 3 is 2.52 bits per heavy atom. The van der Waals surface area contributed by atoms with E-state index in [1.807, 2.05) is 0 Å². The van der Waals surface area contributed by atoms with E-state index in [2.05, 4.69) is 65.6 Å². The molecule has 0 radical (unpaired) electrons. The summed E-state index contributed by atoms with van der Waals surface area (Å²) in [6.07, 6.45) is 4.61. The Labute approximate surface area is 127 Å². The van der Waals surface area contributed by atoms with Crippen molar-refractivity contribution in [2.75, 3.05) is 17.2 Å². The Bertz CT molecular complexity index is 581. The summed E-state index contributed by atoms with van der Waals surface area (Å²) in [5, 5.41) is 6.80. The quantitative estimate of drug-likeness (QED) is 0.801. The predicted molar refractivity (Wildman–Crippen MR) is 89.3 cm³/mol. The highest BCUT2D eigenvalue weighted by molar-refractivity contribution is 5.65. The topological polar surface area (TPSA) is 49.8 Å². The van der Waals surface area contributed by atoms with E-state index in [0.29, 0.717) is 0 Å². The summed E-state index contributed by atoms with van der Waals surface area (Å²) in [6.45, 7) is 7.36. The second-order valence-corrected chi connectivity index (χ2v) is 5.01. The normalized spacial score (nSPS) is 10.4. The molecule has 21 heavy (non-hydrogen) atoms. The van der Waals surface area contributed by atoms with Gasteiger partial charge in [-0.3, -0.25) is 0 Å². The van der Waals surface area contributed by atoms with E-state index in [4.69, 9.17) is 0 Å². The molecule has 0 saturated heterocycles. The van der Waals surface area contributed by atoms with E-state index in [9.17, 15) is 0 Å². The maximum atomic E-state index is 4.41. The zero-order valence-corrected chi connectivity index (χ0v) is 13.1. The largest absolute Gasteiger partial charge is 0.370 e. The van der Waals surface area contributed by atoms with Crippen LogP contribution in [-0.2, 0) is 12.8 Å². The molecule has 0 atom stereocenters. The highest BCUT2D eigenvalue weighted by atomic mass is 15.1. The first-order valence-electron chi connectivity index (χ1n) is 7.72. The molecule has 0 spiro atoms. The molecule has 0 bridgehead atoms. The fourth-order valence-corrected chi connectivity index (χ4v) is 2.26. The van der Waals surface area contributed by atoms with Crippen molar-refractivity contribution in [3.05, 3.63) is 41.7 Å². The molecule has 2 aromatic rings. The van der Waals surface area contributed by atoms with Crippen LogP contribution in [0.5, 0.6) is 0 Å². The van der Waals surface area contributed by atoms with Gasteiger partial charge >= 0.3 is 0 Å². The molecule has 2 rings (SSSR count). The van der Waals surface area contributed by atoms with Crippen molar-refractivity contribution in [1.82, 2.24) is 9.97 Å². The maximum Gasteiger partial charge on any atom is 0.139 e. The van der Waals surface area contributed by atoms with Crippen molar-refractivity contribution >= 4 is 17.3 Å². The summed E-state index contributed by atoms with van der Waals surface area (Å²) in [4.78, 5) is 8.77. The van der Waals surface area contributed by atoms with Gasteiger partial charge in [-0.05, 0) is 37.0 Å². The summed E-state index contributed by atoms with van der Waals surface area (Å²) in [7, 11) is 0.